The van der Waals surface area contributed by atoms with Crippen LogP contribution in [0.5, 0.6) is 5.75 Å². The molecule has 1 rings (SSSR count). The fourth-order valence-corrected chi connectivity index (χ4v) is 1.64. The monoisotopic (exact) mass is 236 g/mol. The molecule has 0 saturated heterocycles. The zero-order valence-corrected chi connectivity index (χ0v) is 11.2. The van der Waals surface area contributed by atoms with Gasteiger partial charge in [0.2, 0.25) is 0 Å². The summed E-state index contributed by atoms with van der Waals surface area (Å²) in [5.41, 5.74) is 1.27. The van der Waals surface area contributed by atoms with Crippen molar-refractivity contribution in [2.45, 2.75) is 39.3 Å². The first-order valence-electron chi connectivity index (χ1n) is 6.16. The van der Waals surface area contributed by atoms with E-state index in [4.69, 9.17) is 0 Å². The molecule has 0 heterocycles. The largest absolute Gasteiger partial charge is 0.508 e. The van der Waals surface area contributed by atoms with E-state index in [1.165, 1.54) is 0 Å². The topological polar surface area (TPSA) is 44.3 Å². The number of aromatic hydroxyl groups is 1. The Morgan fingerprint density at radius 2 is 1.94 bits per heavy atom. The van der Waals surface area contributed by atoms with E-state index in [2.05, 4.69) is 38.3 Å². The van der Waals surface area contributed by atoms with Crippen molar-refractivity contribution in [2.75, 3.05) is 13.1 Å². The van der Waals surface area contributed by atoms with Crippen LogP contribution in [-0.4, -0.2) is 23.7 Å². The van der Waals surface area contributed by atoms with Crippen molar-refractivity contribution in [3.63, 3.8) is 0 Å². The van der Waals surface area contributed by atoms with Crippen molar-refractivity contribution >= 4 is 0 Å². The van der Waals surface area contributed by atoms with Gasteiger partial charge < -0.3 is 15.7 Å². The SMILES string of the molecule is CC(NCCNC(C)(C)C)c1cccc(O)c1. The van der Waals surface area contributed by atoms with Gasteiger partial charge in [-0.2, -0.15) is 0 Å². The molecule has 0 fully saturated rings. The molecule has 0 saturated carbocycles. The highest BCUT2D eigenvalue weighted by Crippen LogP contribution is 2.17. The Morgan fingerprint density at radius 1 is 1.24 bits per heavy atom. The lowest BCUT2D eigenvalue weighted by Gasteiger charge is -2.22. The van der Waals surface area contributed by atoms with E-state index in [-0.39, 0.29) is 11.6 Å². The predicted octanol–water partition coefficient (Wildman–Crippen LogP) is 2.43. The molecule has 1 atom stereocenters. The molecule has 0 aliphatic carbocycles. The summed E-state index contributed by atoms with van der Waals surface area (Å²) in [6, 6.07) is 7.64. The molecule has 3 N–H and O–H groups in total. The fraction of sp³-hybridized carbons (Fsp3) is 0.571. The molecule has 17 heavy (non-hydrogen) atoms. The molecular formula is C14H24N2O. The van der Waals surface area contributed by atoms with E-state index in [1.807, 2.05) is 12.1 Å². The second-order valence-electron chi connectivity index (χ2n) is 5.45. The molecule has 3 heteroatoms. The van der Waals surface area contributed by atoms with Crippen LogP contribution in [0.4, 0.5) is 0 Å². The first-order valence-corrected chi connectivity index (χ1v) is 6.16. The summed E-state index contributed by atoms with van der Waals surface area (Å²) in [5.74, 6) is 0.323. The van der Waals surface area contributed by atoms with Gasteiger partial charge in [-0.1, -0.05) is 12.1 Å². The summed E-state index contributed by atoms with van der Waals surface area (Å²) >= 11 is 0. The van der Waals surface area contributed by atoms with Gasteiger partial charge in [0, 0.05) is 24.7 Å². The Kier molecular flexibility index (Phi) is 4.97. The first-order chi connectivity index (χ1) is 7.88. The van der Waals surface area contributed by atoms with Gasteiger partial charge in [-0.3, -0.25) is 0 Å². The average molecular weight is 236 g/mol. The van der Waals surface area contributed by atoms with Crippen LogP contribution in [0, 0.1) is 0 Å². The number of rotatable bonds is 5. The lowest BCUT2D eigenvalue weighted by atomic mass is 10.1. The van der Waals surface area contributed by atoms with Crippen LogP contribution in [0.2, 0.25) is 0 Å². The van der Waals surface area contributed by atoms with Crippen molar-refractivity contribution in [2.24, 2.45) is 0 Å². The summed E-state index contributed by atoms with van der Waals surface area (Å²) in [7, 11) is 0. The van der Waals surface area contributed by atoms with Crippen molar-refractivity contribution in [1.82, 2.24) is 10.6 Å². The number of hydrogen-bond donors (Lipinski definition) is 3. The van der Waals surface area contributed by atoms with E-state index in [1.54, 1.807) is 12.1 Å². The van der Waals surface area contributed by atoms with E-state index >= 15 is 0 Å². The van der Waals surface area contributed by atoms with Crippen LogP contribution in [0.15, 0.2) is 24.3 Å². The maximum absolute atomic E-state index is 9.40. The molecule has 0 aliphatic heterocycles. The molecule has 0 spiro atoms. The van der Waals surface area contributed by atoms with E-state index < -0.39 is 0 Å². The number of phenols is 1. The van der Waals surface area contributed by atoms with Gasteiger partial charge in [0.1, 0.15) is 5.75 Å². The van der Waals surface area contributed by atoms with Gasteiger partial charge in [0.15, 0.2) is 0 Å². The maximum Gasteiger partial charge on any atom is 0.115 e. The van der Waals surface area contributed by atoms with Crippen LogP contribution in [0.3, 0.4) is 0 Å². The second kappa shape index (κ2) is 6.03. The molecule has 1 unspecified atom stereocenters. The third-order valence-electron chi connectivity index (χ3n) is 2.60. The lowest BCUT2D eigenvalue weighted by Crippen LogP contribution is -2.40. The summed E-state index contributed by atoms with van der Waals surface area (Å²) < 4.78 is 0. The number of hydrogen-bond acceptors (Lipinski definition) is 3. The molecule has 0 aromatic heterocycles. The molecular weight excluding hydrogens is 212 g/mol. The van der Waals surface area contributed by atoms with Gasteiger partial charge in [0.05, 0.1) is 0 Å². The zero-order chi connectivity index (χ0) is 12.9. The van der Waals surface area contributed by atoms with Crippen molar-refractivity contribution in [3.8, 4) is 5.75 Å². The lowest BCUT2D eigenvalue weighted by molar-refractivity contribution is 0.414. The summed E-state index contributed by atoms with van der Waals surface area (Å²) in [4.78, 5) is 0. The zero-order valence-electron chi connectivity index (χ0n) is 11.2. The van der Waals surface area contributed by atoms with Gasteiger partial charge in [-0.05, 0) is 45.4 Å². The normalized spacial score (nSPS) is 13.6. The first kappa shape index (κ1) is 14.0. The Hall–Kier alpha value is -1.06. The van der Waals surface area contributed by atoms with Gasteiger partial charge >= 0.3 is 0 Å². The highest BCUT2D eigenvalue weighted by molar-refractivity contribution is 5.28. The smallest absolute Gasteiger partial charge is 0.115 e. The van der Waals surface area contributed by atoms with Crippen molar-refractivity contribution in [1.29, 1.82) is 0 Å². The average Bonchev–Trinajstić information content (AvgIpc) is 2.23. The predicted molar refractivity (Wildman–Crippen MR) is 72.3 cm³/mol. The minimum Gasteiger partial charge on any atom is -0.508 e. The minimum atomic E-state index is 0.163. The summed E-state index contributed by atoms with van der Waals surface area (Å²) in [6.07, 6.45) is 0. The molecule has 0 aliphatic rings. The van der Waals surface area contributed by atoms with Gasteiger partial charge in [0.25, 0.3) is 0 Å². The number of nitrogens with one attached hydrogen (secondary N) is 2. The molecule has 0 bridgehead atoms. The standard InChI is InChI=1S/C14H24N2O/c1-11(12-6-5-7-13(17)10-12)15-8-9-16-14(2,3)4/h5-7,10-11,15-17H,8-9H2,1-4H3. The maximum atomic E-state index is 9.40. The summed E-state index contributed by atoms with van der Waals surface area (Å²) in [5, 5.41) is 16.3. The highest BCUT2D eigenvalue weighted by atomic mass is 16.3. The van der Waals surface area contributed by atoms with E-state index in [0.29, 0.717) is 5.75 Å². The Morgan fingerprint density at radius 3 is 2.53 bits per heavy atom. The van der Waals surface area contributed by atoms with E-state index in [0.717, 1.165) is 18.7 Å². The fourth-order valence-electron chi connectivity index (χ4n) is 1.64. The summed E-state index contributed by atoms with van der Waals surface area (Å²) in [6.45, 7) is 10.4. The highest BCUT2D eigenvalue weighted by Gasteiger charge is 2.08. The Bertz CT molecular complexity index is 344. The molecule has 0 amide bonds. The van der Waals surface area contributed by atoms with Crippen molar-refractivity contribution < 1.29 is 5.11 Å². The van der Waals surface area contributed by atoms with Crippen LogP contribution in [0.25, 0.3) is 0 Å². The third-order valence-corrected chi connectivity index (χ3v) is 2.60. The van der Waals surface area contributed by atoms with Gasteiger partial charge in [-0.25, -0.2) is 0 Å². The van der Waals surface area contributed by atoms with Crippen LogP contribution in [0.1, 0.15) is 39.3 Å². The number of phenolic OH excluding ortho intramolecular Hbond substituents is 1. The molecule has 0 radical (unpaired) electrons. The minimum absolute atomic E-state index is 0.163. The Balaban J connectivity index is 2.33. The molecule has 1 aromatic rings. The van der Waals surface area contributed by atoms with E-state index in [9.17, 15) is 5.11 Å². The van der Waals surface area contributed by atoms with Gasteiger partial charge in [-0.15, -0.1) is 0 Å². The van der Waals surface area contributed by atoms with Crippen LogP contribution in [-0.2, 0) is 0 Å². The molecule has 1 aromatic carbocycles. The molecule has 96 valence electrons. The third kappa shape index (κ3) is 5.71. The van der Waals surface area contributed by atoms with Crippen LogP contribution >= 0.6 is 0 Å². The quantitative estimate of drug-likeness (QED) is 0.688. The Labute approximate surface area is 104 Å². The number of benzene rings is 1. The van der Waals surface area contributed by atoms with Crippen LogP contribution < -0.4 is 10.6 Å². The molecule has 3 nitrogen and oxygen atoms in total. The second-order valence-corrected chi connectivity index (χ2v) is 5.45. The van der Waals surface area contributed by atoms with Crippen molar-refractivity contribution in [3.05, 3.63) is 29.8 Å².